The average molecular weight is 399 g/mol. The summed E-state index contributed by atoms with van der Waals surface area (Å²) in [5.41, 5.74) is 0.00762. The molecule has 6 rings (SSSR count). The topological polar surface area (TPSA) is 124 Å². The number of fused-ring (bicyclic) bond motifs is 1. The molecule has 29 heavy (non-hydrogen) atoms. The number of carbonyl (C=O) groups excluding carboxylic acids is 2. The first-order valence-electron chi connectivity index (χ1n) is 10.2. The number of aromatic amines is 2. The van der Waals surface area contributed by atoms with E-state index in [2.05, 4.69) is 15.3 Å². The summed E-state index contributed by atoms with van der Waals surface area (Å²) in [4.78, 5) is 42.2. The van der Waals surface area contributed by atoms with Crippen molar-refractivity contribution in [2.45, 2.75) is 57.2 Å². The maximum atomic E-state index is 13.0. The summed E-state index contributed by atoms with van der Waals surface area (Å²) in [6.45, 7) is 1.55. The van der Waals surface area contributed by atoms with E-state index < -0.39 is 23.0 Å². The Labute approximate surface area is 167 Å². The molecule has 4 bridgehead atoms. The van der Waals surface area contributed by atoms with Crippen LogP contribution in [-0.4, -0.2) is 38.7 Å². The maximum Gasteiger partial charge on any atom is 0.323 e. The van der Waals surface area contributed by atoms with Crippen LogP contribution in [0.4, 0.5) is 5.69 Å². The van der Waals surface area contributed by atoms with Gasteiger partial charge in [0, 0.05) is 5.69 Å². The molecule has 1 aromatic carbocycles. The number of esters is 1. The number of hydrogen-bond donors (Lipinski definition) is 4. The molecule has 0 aliphatic heterocycles. The van der Waals surface area contributed by atoms with Crippen LogP contribution < -0.4 is 11.0 Å². The number of amides is 1. The van der Waals surface area contributed by atoms with E-state index in [1.54, 1.807) is 25.1 Å². The minimum absolute atomic E-state index is 0.317. The predicted octanol–water partition coefficient (Wildman–Crippen LogP) is 2.06. The van der Waals surface area contributed by atoms with Crippen molar-refractivity contribution < 1.29 is 19.4 Å². The molecule has 4 aliphatic carbocycles. The van der Waals surface area contributed by atoms with Crippen molar-refractivity contribution in [3.63, 3.8) is 0 Å². The number of rotatable bonds is 4. The number of imidazole rings is 1. The van der Waals surface area contributed by atoms with Gasteiger partial charge in [-0.1, -0.05) is 0 Å². The lowest BCUT2D eigenvalue weighted by molar-refractivity contribution is -0.199. The summed E-state index contributed by atoms with van der Waals surface area (Å²) in [5, 5.41) is 13.6. The molecule has 4 saturated carbocycles. The van der Waals surface area contributed by atoms with Crippen LogP contribution in [0, 0.1) is 17.3 Å². The largest absolute Gasteiger partial charge is 0.452 e. The van der Waals surface area contributed by atoms with E-state index in [9.17, 15) is 19.5 Å². The first-order chi connectivity index (χ1) is 13.7. The number of nitrogens with one attached hydrogen (secondary N) is 3. The predicted molar refractivity (Wildman–Crippen MR) is 105 cm³/mol. The lowest BCUT2D eigenvalue weighted by atomic mass is 9.48. The molecule has 2 aromatic rings. The third-order valence-electron chi connectivity index (χ3n) is 6.90. The number of ether oxygens (including phenoxy) is 1. The van der Waals surface area contributed by atoms with Crippen molar-refractivity contribution in [1.29, 1.82) is 0 Å². The van der Waals surface area contributed by atoms with E-state index >= 15 is 0 Å². The molecular formula is C21H25N3O5. The van der Waals surface area contributed by atoms with E-state index in [4.69, 9.17) is 4.74 Å². The molecule has 0 spiro atoms. The molecule has 8 nitrogen and oxygen atoms in total. The van der Waals surface area contributed by atoms with E-state index in [1.165, 1.54) is 0 Å². The number of H-pyrrole nitrogens is 2. The minimum Gasteiger partial charge on any atom is -0.452 e. The molecule has 0 unspecified atom stereocenters. The Morgan fingerprint density at radius 3 is 2.55 bits per heavy atom. The summed E-state index contributed by atoms with van der Waals surface area (Å²) in [6, 6.07) is 5.01. The highest BCUT2D eigenvalue weighted by Crippen LogP contribution is 2.62. The van der Waals surface area contributed by atoms with E-state index in [1.807, 2.05) is 0 Å². The van der Waals surface area contributed by atoms with Crippen LogP contribution in [0.2, 0.25) is 0 Å². The van der Waals surface area contributed by atoms with Gasteiger partial charge in [-0.15, -0.1) is 0 Å². The zero-order valence-corrected chi connectivity index (χ0v) is 16.3. The number of aliphatic hydroxyl groups is 1. The summed E-state index contributed by atoms with van der Waals surface area (Å²) in [7, 11) is 0. The van der Waals surface area contributed by atoms with E-state index in [0.717, 1.165) is 32.1 Å². The highest BCUT2D eigenvalue weighted by Gasteiger charge is 2.61. The molecule has 1 amide bonds. The normalized spacial score (nSPS) is 33.6. The molecule has 0 radical (unpaired) electrons. The van der Waals surface area contributed by atoms with Gasteiger partial charge >= 0.3 is 11.7 Å². The van der Waals surface area contributed by atoms with Crippen molar-refractivity contribution in [3.05, 3.63) is 28.7 Å². The third-order valence-corrected chi connectivity index (χ3v) is 6.90. The van der Waals surface area contributed by atoms with Gasteiger partial charge in [0.1, 0.15) is 0 Å². The smallest absolute Gasteiger partial charge is 0.323 e. The van der Waals surface area contributed by atoms with E-state index in [-0.39, 0.29) is 11.7 Å². The van der Waals surface area contributed by atoms with Crippen molar-refractivity contribution in [2.24, 2.45) is 17.3 Å². The first kappa shape index (κ1) is 18.4. The zero-order chi connectivity index (χ0) is 20.4. The first-order valence-corrected chi connectivity index (χ1v) is 10.2. The molecule has 1 aromatic heterocycles. The van der Waals surface area contributed by atoms with Gasteiger partial charge in [-0.3, -0.25) is 9.59 Å². The Morgan fingerprint density at radius 1 is 1.17 bits per heavy atom. The Morgan fingerprint density at radius 2 is 1.86 bits per heavy atom. The molecule has 4 N–H and O–H groups in total. The Kier molecular flexibility index (Phi) is 3.93. The summed E-state index contributed by atoms with van der Waals surface area (Å²) in [6.07, 6.45) is 3.62. The molecule has 3 atom stereocenters. The SMILES string of the molecule is C[C@@H](OC(=O)C12C[C@H]3C[C@@H](CC(O)(C3)C1)C2)C(=O)Nc1ccc2[nH]c(=O)[nH]c2c1. The summed E-state index contributed by atoms with van der Waals surface area (Å²) >= 11 is 0. The van der Waals surface area contributed by atoms with Gasteiger partial charge in [0.2, 0.25) is 0 Å². The van der Waals surface area contributed by atoms with Crippen molar-refractivity contribution in [2.75, 3.05) is 5.32 Å². The van der Waals surface area contributed by atoms with Crippen LogP contribution in [0.1, 0.15) is 45.4 Å². The van der Waals surface area contributed by atoms with Gasteiger partial charge in [-0.2, -0.15) is 0 Å². The van der Waals surface area contributed by atoms with Gasteiger partial charge in [0.05, 0.1) is 22.0 Å². The lowest BCUT2D eigenvalue weighted by Crippen LogP contribution is -2.59. The number of anilines is 1. The van der Waals surface area contributed by atoms with Gasteiger partial charge in [0.25, 0.3) is 5.91 Å². The molecule has 0 saturated heterocycles. The van der Waals surface area contributed by atoms with Gasteiger partial charge in [-0.05, 0) is 75.5 Å². The maximum absolute atomic E-state index is 13.0. The van der Waals surface area contributed by atoms with Crippen molar-refractivity contribution >= 4 is 28.6 Å². The van der Waals surface area contributed by atoms with Crippen molar-refractivity contribution in [1.82, 2.24) is 9.97 Å². The summed E-state index contributed by atoms with van der Waals surface area (Å²) in [5.74, 6) is -0.0570. The number of carbonyl (C=O) groups is 2. The molecular weight excluding hydrogens is 374 g/mol. The standard InChI is InChI=1S/C21H25N3O5/c1-11(17(25)22-14-2-3-15-16(5-14)24-19(27)23-15)29-18(26)20-6-12-4-13(7-20)9-21(28,8-12)10-20/h2-3,5,11-13,28H,4,6-10H2,1H3,(H,22,25)(H2,23,24,27)/t11-,12-,13-,20?,21?/m1/s1. The number of benzene rings is 1. The Hall–Kier alpha value is -2.61. The average Bonchev–Trinajstić information content (AvgIpc) is 2.98. The number of aromatic nitrogens is 2. The third kappa shape index (κ3) is 3.15. The highest BCUT2D eigenvalue weighted by molar-refractivity contribution is 5.96. The van der Waals surface area contributed by atoms with Crippen LogP contribution in [0.25, 0.3) is 11.0 Å². The second kappa shape index (κ2) is 6.19. The lowest BCUT2D eigenvalue weighted by Gasteiger charge is -2.58. The Bertz CT molecular complexity index is 1040. The van der Waals surface area contributed by atoms with Crippen molar-refractivity contribution in [3.8, 4) is 0 Å². The van der Waals surface area contributed by atoms with Gasteiger partial charge < -0.3 is 25.1 Å². The van der Waals surface area contributed by atoms with E-state index in [0.29, 0.717) is 35.0 Å². The highest BCUT2D eigenvalue weighted by atomic mass is 16.5. The zero-order valence-electron chi connectivity index (χ0n) is 16.3. The monoisotopic (exact) mass is 399 g/mol. The molecule has 4 aliphatic rings. The van der Waals surface area contributed by atoms with Crippen LogP contribution in [0.5, 0.6) is 0 Å². The fraction of sp³-hybridized carbons (Fsp3) is 0.571. The quantitative estimate of drug-likeness (QED) is 0.586. The Balaban J connectivity index is 1.27. The molecule has 154 valence electrons. The second-order valence-corrected chi connectivity index (χ2v) is 9.34. The van der Waals surface area contributed by atoms with Crippen LogP contribution in [0.3, 0.4) is 0 Å². The molecule has 8 heteroatoms. The number of hydrogen-bond acceptors (Lipinski definition) is 5. The second-order valence-electron chi connectivity index (χ2n) is 9.34. The fourth-order valence-electron chi connectivity index (χ4n) is 6.15. The molecule has 4 fully saturated rings. The fourth-order valence-corrected chi connectivity index (χ4v) is 6.15. The van der Waals surface area contributed by atoms with Crippen LogP contribution >= 0.6 is 0 Å². The van der Waals surface area contributed by atoms with Gasteiger partial charge in [-0.25, -0.2) is 4.79 Å². The summed E-state index contributed by atoms with van der Waals surface area (Å²) < 4.78 is 5.58. The van der Waals surface area contributed by atoms with Gasteiger partial charge in [0.15, 0.2) is 6.10 Å². The molecule has 1 heterocycles. The van der Waals surface area contributed by atoms with Crippen LogP contribution in [0.15, 0.2) is 23.0 Å². The minimum atomic E-state index is -0.953. The van der Waals surface area contributed by atoms with Crippen LogP contribution in [-0.2, 0) is 14.3 Å².